The lowest BCUT2D eigenvalue weighted by molar-refractivity contribution is 0.125. The van der Waals surface area contributed by atoms with Crippen molar-refractivity contribution in [2.45, 2.75) is 38.1 Å². The molecule has 22 heavy (non-hydrogen) atoms. The van der Waals surface area contributed by atoms with Crippen molar-refractivity contribution >= 4 is 17.3 Å². The second-order valence-electron chi connectivity index (χ2n) is 6.75. The van der Waals surface area contributed by atoms with Crippen LogP contribution in [0.5, 0.6) is 0 Å². The van der Waals surface area contributed by atoms with Crippen LogP contribution in [0, 0.1) is 11.8 Å². The van der Waals surface area contributed by atoms with Crippen LogP contribution < -0.4 is 11.1 Å². The topological polar surface area (TPSA) is 53.6 Å². The van der Waals surface area contributed by atoms with E-state index in [4.69, 9.17) is 5.73 Å². The normalized spacial score (nSPS) is 27.6. The summed E-state index contributed by atoms with van der Waals surface area (Å²) in [6.45, 7) is 3.01. The Morgan fingerprint density at radius 1 is 1.41 bits per heavy atom. The fraction of sp³-hybridized carbons (Fsp3) is 0.706. The number of nitrogens with two attached hydrogens (primary N) is 1. The number of piperidine rings is 1. The molecule has 2 atom stereocenters. The van der Waals surface area contributed by atoms with Gasteiger partial charge in [0.2, 0.25) is 0 Å². The van der Waals surface area contributed by atoms with E-state index in [1.807, 2.05) is 11.3 Å². The minimum Gasteiger partial charge on any atom is -0.370 e. The first-order valence-corrected chi connectivity index (χ1v) is 9.39. The summed E-state index contributed by atoms with van der Waals surface area (Å²) in [7, 11) is 2.24. The standard InChI is InChI=1S/C17H28N4S/c1-21-9-3-7-14(16(21)15-8-4-10-22-15)12-20-17(18)19-11-13-5-2-6-13/h4,8,10,13-14,16H,2-3,5-7,9,11-12H2,1H3,(H3,18,19,20). The molecule has 1 saturated carbocycles. The fourth-order valence-electron chi connectivity index (χ4n) is 3.58. The summed E-state index contributed by atoms with van der Waals surface area (Å²) in [5.41, 5.74) is 6.04. The molecule has 4 nitrogen and oxygen atoms in total. The number of hydrogen-bond donors (Lipinski definition) is 2. The van der Waals surface area contributed by atoms with Crippen molar-refractivity contribution < 1.29 is 0 Å². The second-order valence-corrected chi connectivity index (χ2v) is 7.73. The van der Waals surface area contributed by atoms with Crippen molar-refractivity contribution in [3.8, 4) is 0 Å². The van der Waals surface area contributed by atoms with E-state index in [2.05, 4.69) is 39.8 Å². The smallest absolute Gasteiger partial charge is 0.188 e. The van der Waals surface area contributed by atoms with Crippen LogP contribution in [-0.4, -0.2) is 37.5 Å². The Morgan fingerprint density at radius 3 is 2.95 bits per heavy atom. The van der Waals surface area contributed by atoms with Crippen LogP contribution in [0.15, 0.2) is 22.5 Å². The van der Waals surface area contributed by atoms with Gasteiger partial charge in [-0.05, 0) is 62.6 Å². The van der Waals surface area contributed by atoms with E-state index < -0.39 is 0 Å². The van der Waals surface area contributed by atoms with Crippen molar-refractivity contribution in [2.24, 2.45) is 22.6 Å². The van der Waals surface area contributed by atoms with Crippen LogP contribution >= 0.6 is 11.3 Å². The number of aliphatic imine (C=N–C) groups is 1. The van der Waals surface area contributed by atoms with E-state index in [1.54, 1.807) is 0 Å². The number of rotatable bonds is 5. The van der Waals surface area contributed by atoms with Crippen molar-refractivity contribution in [3.05, 3.63) is 22.4 Å². The number of thiophene rings is 1. The first-order valence-electron chi connectivity index (χ1n) is 8.51. The molecule has 0 spiro atoms. The Hall–Kier alpha value is -1.07. The zero-order valence-corrected chi connectivity index (χ0v) is 14.3. The summed E-state index contributed by atoms with van der Waals surface area (Å²) in [6.07, 6.45) is 6.54. The molecule has 3 N–H and O–H groups in total. The average Bonchev–Trinajstić information content (AvgIpc) is 2.97. The molecule has 1 aliphatic heterocycles. The molecule has 2 fully saturated rings. The molecular weight excluding hydrogens is 292 g/mol. The maximum atomic E-state index is 6.04. The maximum absolute atomic E-state index is 6.04. The third-order valence-electron chi connectivity index (χ3n) is 5.13. The summed E-state index contributed by atoms with van der Waals surface area (Å²) in [5, 5.41) is 5.55. The minimum absolute atomic E-state index is 0.515. The van der Waals surface area contributed by atoms with Gasteiger partial charge < -0.3 is 11.1 Å². The van der Waals surface area contributed by atoms with Gasteiger partial charge in [-0.1, -0.05) is 12.5 Å². The van der Waals surface area contributed by atoms with Crippen molar-refractivity contribution in [2.75, 3.05) is 26.7 Å². The zero-order valence-electron chi connectivity index (χ0n) is 13.5. The molecule has 0 radical (unpaired) electrons. The van der Waals surface area contributed by atoms with Gasteiger partial charge in [0.25, 0.3) is 0 Å². The number of nitrogens with zero attached hydrogens (tertiary/aromatic N) is 2. The van der Waals surface area contributed by atoms with E-state index in [-0.39, 0.29) is 0 Å². The van der Waals surface area contributed by atoms with Gasteiger partial charge in [0.1, 0.15) is 0 Å². The molecule has 1 aliphatic carbocycles. The number of likely N-dealkylation sites (tertiary alicyclic amines) is 1. The second kappa shape index (κ2) is 7.47. The summed E-state index contributed by atoms with van der Waals surface area (Å²) in [5.74, 6) is 2.01. The summed E-state index contributed by atoms with van der Waals surface area (Å²) >= 11 is 1.87. The molecule has 0 bridgehead atoms. The summed E-state index contributed by atoms with van der Waals surface area (Å²) < 4.78 is 0. The molecule has 1 saturated heterocycles. The minimum atomic E-state index is 0.515. The SMILES string of the molecule is CN1CCCC(CNC(N)=NCC2CCC2)C1c1cccs1. The fourth-order valence-corrected chi connectivity index (χ4v) is 4.56. The highest BCUT2D eigenvalue weighted by atomic mass is 32.1. The van der Waals surface area contributed by atoms with E-state index in [1.165, 1.54) is 43.5 Å². The van der Waals surface area contributed by atoms with E-state index >= 15 is 0 Å². The van der Waals surface area contributed by atoms with Crippen LogP contribution in [0.3, 0.4) is 0 Å². The average molecular weight is 321 g/mol. The lowest BCUT2D eigenvalue weighted by Crippen LogP contribution is -2.43. The number of guanidine groups is 1. The molecule has 2 heterocycles. The van der Waals surface area contributed by atoms with Gasteiger partial charge in [-0.2, -0.15) is 0 Å². The van der Waals surface area contributed by atoms with Crippen molar-refractivity contribution in [1.29, 1.82) is 0 Å². The first-order chi connectivity index (χ1) is 10.7. The monoisotopic (exact) mass is 320 g/mol. The predicted octanol–water partition coefficient (Wildman–Crippen LogP) is 2.84. The highest BCUT2D eigenvalue weighted by Gasteiger charge is 2.31. The van der Waals surface area contributed by atoms with E-state index in [0.717, 1.165) is 19.0 Å². The van der Waals surface area contributed by atoms with Crippen LogP contribution in [0.25, 0.3) is 0 Å². The highest BCUT2D eigenvalue weighted by Crippen LogP contribution is 2.36. The van der Waals surface area contributed by atoms with Gasteiger partial charge >= 0.3 is 0 Å². The molecule has 0 aromatic carbocycles. The molecule has 1 aromatic rings. The lowest BCUT2D eigenvalue weighted by atomic mass is 9.86. The van der Waals surface area contributed by atoms with Gasteiger partial charge in [0.05, 0.1) is 0 Å². The Bertz CT molecular complexity index is 481. The van der Waals surface area contributed by atoms with Gasteiger partial charge in [-0.15, -0.1) is 11.3 Å². The zero-order chi connectivity index (χ0) is 15.4. The quantitative estimate of drug-likeness (QED) is 0.648. The number of nitrogens with one attached hydrogen (secondary N) is 1. The van der Waals surface area contributed by atoms with Crippen molar-refractivity contribution in [3.63, 3.8) is 0 Å². The molecule has 3 rings (SSSR count). The molecule has 5 heteroatoms. The van der Waals surface area contributed by atoms with Crippen LogP contribution in [0.1, 0.15) is 43.0 Å². The Morgan fingerprint density at radius 2 is 2.27 bits per heavy atom. The number of hydrogen-bond acceptors (Lipinski definition) is 3. The third-order valence-corrected chi connectivity index (χ3v) is 6.07. The molecule has 122 valence electrons. The first kappa shape index (κ1) is 15.8. The van der Waals surface area contributed by atoms with Gasteiger partial charge in [-0.3, -0.25) is 9.89 Å². The Kier molecular flexibility index (Phi) is 5.37. The van der Waals surface area contributed by atoms with Crippen LogP contribution in [0.2, 0.25) is 0 Å². The molecule has 2 aliphatic rings. The molecular formula is C17H28N4S. The maximum Gasteiger partial charge on any atom is 0.188 e. The van der Waals surface area contributed by atoms with Crippen LogP contribution in [-0.2, 0) is 0 Å². The summed E-state index contributed by atoms with van der Waals surface area (Å²) in [6, 6.07) is 4.93. The third kappa shape index (κ3) is 3.82. The lowest BCUT2D eigenvalue weighted by Gasteiger charge is -2.39. The molecule has 1 aromatic heterocycles. The molecule has 2 unspecified atom stereocenters. The van der Waals surface area contributed by atoms with Crippen molar-refractivity contribution in [1.82, 2.24) is 10.2 Å². The summed E-state index contributed by atoms with van der Waals surface area (Å²) in [4.78, 5) is 8.47. The Labute approximate surface area is 137 Å². The van der Waals surface area contributed by atoms with Crippen LogP contribution in [0.4, 0.5) is 0 Å². The van der Waals surface area contributed by atoms with E-state index in [9.17, 15) is 0 Å². The predicted molar refractivity (Wildman–Crippen MR) is 94.2 cm³/mol. The van der Waals surface area contributed by atoms with Gasteiger partial charge in [-0.25, -0.2) is 0 Å². The Balaban J connectivity index is 1.55. The van der Waals surface area contributed by atoms with E-state index in [0.29, 0.717) is 17.9 Å². The van der Waals surface area contributed by atoms with Gasteiger partial charge in [0.15, 0.2) is 5.96 Å². The molecule has 0 amide bonds. The highest BCUT2D eigenvalue weighted by molar-refractivity contribution is 7.10. The van der Waals surface area contributed by atoms with Gasteiger partial charge in [0, 0.05) is 24.0 Å². The largest absolute Gasteiger partial charge is 0.370 e.